The summed E-state index contributed by atoms with van der Waals surface area (Å²) < 4.78 is 10.9. The zero-order valence-electron chi connectivity index (χ0n) is 16.3. The minimum absolute atomic E-state index is 0.158. The van der Waals surface area contributed by atoms with E-state index in [1.165, 1.54) is 7.11 Å². The fraction of sp³-hybridized carbons (Fsp3) is 0.130. The normalized spacial score (nSPS) is 10.1. The van der Waals surface area contributed by atoms with Crippen LogP contribution in [0.1, 0.15) is 15.9 Å². The van der Waals surface area contributed by atoms with Gasteiger partial charge >= 0.3 is 0 Å². The molecule has 0 radical (unpaired) electrons. The average molecular weight is 390 g/mol. The second kappa shape index (κ2) is 9.41. The smallest absolute Gasteiger partial charge is 0.262 e. The van der Waals surface area contributed by atoms with E-state index in [0.717, 1.165) is 5.56 Å². The van der Waals surface area contributed by atoms with E-state index in [1.807, 2.05) is 43.3 Å². The molecular formula is C23H22N2O4. The van der Waals surface area contributed by atoms with Gasteiger partial charge in [0, 0.05) is 11.3 Å². The van der Waals surface area contributed by atoms with Gasteiger partial charge in [-0.25, -0.2) is 0 Å². The Kier molecular flexibility index (Phi) is 6.47. The first-order chi connectivity index (χ1) is 14.1. The molecule has 0 spiro atoms. The largest absolute Gasteiger partial charge is 0.495 e. The molecule has 0 heterocycles. The van der Waals surface area contributed by atoms with Crippen LogP contribution < -0.4 is 20.1 Å². The van der Waals surface area contributed by atoms with E-state index < -0.39 is 0 Å². The second-order valence-corrected chi connectivity index (χ2v) is 6.34. The van der Waals surface area contributed by atoms with Crippen LogP contribution in [0.15, 0.2) is 72.8 Å². The van der Waals surface area contributed by atoms with Crippen molar-refractivity contribution in [1.82, 2.24) is 0 Å². The van der Waals surface area contributed by atoms with E-state index in [0.29, 0.717) is 28.4 Å². The van der Waals surface area contributed by atoms with Gasteiger partial charge in [0.2, 0.25) is 0 Å². The van der Waals surface area contributed by atoms with Gasteiger partial charge in [0.15, 0.2) is 6.61 Å². The number of aryl methyl sites for hydroxylation is 1. The lowest BCUT2D eigenvalue weighted by molar-refractivity contribution is -0.118. The fourth-order valence-electron chi connectivity index (χ4n) is 2.72. The van der Waals surface area contributed by atoms with Gasteiger partial charge in [-0.05, 0) is 48.9 Å². The molecular weight excluding hydrogens is 368 g/mol. The van der Waals surface area contributed by atoms with Crippen molar-refractivity contribution in [1.29, 1.82) is 0 Å². The molecule has 0 saturated heterocycles. The number of nitrogens with one attached hydrogen (secondary N) is 2. The maximum atomic E-state index is 12.5. The van der Waals surface area contributed by atoms with E-state index in [9.17, 15) is 9.59 Å². The third kappa shape index (κ3) is 5.35. The van der Waals surface area contributed by atoms with E-state index in [-0.39, 0.29) is 18.4 Å². The molecule has 0 atom stereocenters. The summed E-state index contributed by atoms with van der Waals surface area (Å²) in [6.07, 6.45) is 0. The Labute approximate surface area is 169 Å². The number of para-hydroxylation sites is 2. The topological polar surface area (TPSA) is 76.7 Å². The van der Waals surface area contributed by atoms with E-state index >= 15 is 0 Å². The number of carbonyl (C=O) groups excluding carboxylic acids is 2. The lowest BCUT2D eigenvalue weighted by Gasteiger charge is -2.13. The summed E-state index contributed by atoms with van der Waals surface area (Å²) >= 11 is 0. The quantitative estimate of drug-likeness (QED) is 0.632. The highest BCUT2D eigenvalue weighted by atomic mass is 16.5. The predicted molar refractivity (Wildman–Crippen MR) is 113 cm³/mol. The monoisotopic (exact) mass is 390 g/mol. The molecule has 0 unspecified atom stereocenters. The molecule has 3 rings (SSSR count). The summed E-state index contributed by atoms with van der Waals surface area (Å²) in [6, 6.07) is 21.4. The first-order valence-electron chi connectivity index (χ1n) is 9.09. The van der Waals surface area contributed by atoms with Crippen LogP contribution in [-0.2, 0) is 4.79 Å². The highest BCUT2D eigenvalue weighted by Gasteiger charge is 2.13. The molecule has 148 valence electrons. The summed E-state index contributed by atoms with van der Waals surface area (Å²) in [7, 11) is 1.50. The van der Waals surface area contributed by atoms with Crippen LogP contribution in [0.4, 0.5) is 11.4 Å². The number of carbonyl (C=O) groups is 2. The number of hydrogen-bond donors (Lipinski definition) is 2. The summed E-state index contributed by atoms with van der Waals surface area (Å²) in [4.78, 5) is 24.9. The highest BCUT2D eigenvalue weighted by Crippen LogP contribution is 2.26. The SMILES string of the molecule is COc1ccc(C(=O)Nc2ccccc2)cc1NC(=O)COc1ccccc1C. The maximum absolute atomic E-state index is 12.5. The second-order valence-electron chi connectivity index (χ2n) is 6.34. The molecule has 0 aromatic heterocycles. The Morgan fingerprint density at radius 3 is 2.31 bits per heavy atom. The average Bonchev–Trinajstić information content (AvgIpc) is 2.74. The molecule has 2 N–H and O–H groups in total. The summed E-state index contributed by atoms with van der Waals surface area (Å²) in [5.41, 5.74) is 2.42. The number of anilines is 2. The van der Waals surface area contributed by atoms with Gasteiger partial charge in [0.25, 0.3) is 11.8 Å². The zero-order valence-corrected chi connectivity index (χ0v) is 16.3. The predicted octanol–water partition coefficient (Wildman–Crippen LogP) is 4.27. The van der Waals surface area contributed by atoms with Gasteiger partial charge in [-0.3, -0.25) is 9.59 Å². The summed E-state index contributed by atoms with van der Waals surface area (Å²) in [5.74, 6) is 0.453. The third-order valence-corrected chi connectivity index (χ3v) is 4.22. The van der Waals surface area contributed by atoms with Crippen LogP contribution >= 0.6 is 0 Å². The molecule has 3 aromatic rings. The van der Waals surface area contributed by atoms with Crippen molar-refractivity contribution in [3.8, 4) is 11.5 Å². The van der Waals surface area contributed by atoms with Gasteiger partial charge in [-0.1, -0.05) is 36.4 Å². The van der Waals surface area contributed by atoms with Crippen LogP contribution in [0, 0.1) is 6.92 Å². The minimum Gasteiger partial charge on any atom is -0.495 e. The number of ether oxygens (including phenoxy) is 2. The van der Waals surface area contributed by atoms with Gasteiger partial charge in [0.1, 0.15) is 11.5 Å². The number of methoxy groups -OCH3 is 1. The maximum Gasteiger partial charge on any atom is 0.262 e. The van der Waals surface area contributed by atoms with Crippen LogP contribution in [0.25, 0.3) is 0 Å². The van der Waals surface area contributed by atoms with Crippen molar-refractivity contribution in [2.45, 2.75) is 6.92 Å². The van der Waals surface area contributed by atoms with Crippen LogP contribution in [-0.4, -0.2) is 25.5 Å². The number of benzene rings is 3. The lowest BCUT2D eigenvalue weighted by Crippen LogP contribution is -2.21. The number of amides is 2. The first kappa shape index (κ1) is 19.9. The van der Waals surface area contributed by atoms with Gasteiger partial charge < -0.3 is 20.1 Å². The van der Waals surface area contributed by atoms with Crippen molar-refractivity contribution in [2.24, 2.45) is 0 Å². The molecule has 6 nitrogen and oxygen atoms in total. The van der Waals surface area contributed by atoms with Gasteiger partial charge in [0.05, 0.1) is 12.8 Å². The van der Waals surface area contributed by atoms with Gasteiger partial charge in [-0.15, -0.1) is 0 Å². The number of hydrogen-bond acceptors (Lipinski definition) is 4. The Morgan fingerprint density at radius 2 is 1.59 bits per heavy atom. The minimum atomic E-state index is -0.354. The molecule has 6 heteroatoms. The Balaban J connectivity index is 1.69. The highest BCUT2D eigenvalue weighted by molar-refractivity contribution is 6.05. The van der Waals surface area contributed by atoms with Gasteiger partial charge in [-0.2, -0.15) is 0 Å². The molecule has 29 heavy (non-hydrogen) atoms. The molecule has 3 aromatic carbocycles. The van der Waals surface area contributed by atoms with Crippen molar-refractivity contribution in [3.05, 3.63) is 83.9 Å². The molecule has 0 aliphatic heterocycles. The van der Waals surface area contributed by atoms with Crippen molar-refractivity contribution in [3.63, 3.8) is 0 Å². The molecule has 0 aliphatic carbocycles. The van der Waals surface area contributed by atoms with Crippen LogP contribution in [0.5, 0.6) is 11.5 Å². The first-order valence-corrected chi connectivity index (χ1v) is 9.09. The lowest BCUT2D eigenvalue weighted by atomic mass is 10.1. The standard InChI is InChI=1S/C23H22N2O4/c1-16-8-6-7-11-20(16)29-15-22(26)25-19-14-17(12-13-21(19)28-2)23(27)24-18-9-4-3-5-10-18/h3-14H,15H2,1-2H3,(H,24,27)(H,25,26). The van der Waals surface area contributed by atoms with E-state index in [4.69, 9.17) is 9.47 Å². The van der Waals surface area contributed by atoms with E-state index in [2.05, 4.69) is 10.6 Å². The van der Waals surface area contributed by atoms with Crippen molar-refractivity contribution in [2.75, 3.05) is 24.4 Å². The van der Waals surface area contributed by atoms with Crippen LogP contribution in [0.2, 0.25) is 0 Å². The Bertz CT molecular complexity index is 1000. The Morgan fingerprint density at radius 1 is 0.862 bits per heavy atom. The third-order valence-electron chi connectivity index (χ3n) is 4.22. The van der Waals surface area contributed by atoms with Crippen molar-refractivity contribution >= 4 is 23.2 Å². The Hall–Kier alpha value is -3.80. The van der Waals surface area contributed by atoms with E-state index in [1.54, 1.807) is 36.4 Å². The summed E-state index contributed by atoms with van der Waals surface area (Å²) in [5, 5.41) is 5.55. The molecule has 0 fully saturated rings. The van der Waals surface area contributed by atoms with Crippen LogP contribution in [0.3, 0.4) is 0 Å². The molecule has 0 saturated carbocycles. The zero-order chi connectivity index (χ0) is 20.6. The molecule has 0 aliphatic rings. The number of rotatable bonds is 7. The fourth-order valence-corrected chi connectivity index (χ4v) is 2.72. The summed E-state index contributed by atoms with van der Waals surface area (Å²) in [6.45, 7) is 1.75. The molecule has 2 amide bonds. The molecule has 0 bridgehead atoms. The van der Waals surface area contributed by atoms with Crippen molar-refractivity contribution < 1.29 is 19.1 Å².